The van der Waals surface area contributed by atoms with Crippen LogP contribution in [0.15, 0.2) is 23.2 Å². The molecule has 0 bridgehead atoms. The van der Waals surface area contributed by atoms with Gasteiger partial charge in [0, 0.05) is 19.3 Å². The Morgan fingerprint density at radius 2 is 2.15 bits per heavy atom. The molecule has 0 aliphatic carbocycles. The molecule has 0 unspecified atom stereocenters. The summed E-state index contributed by atoms with van der Waals surface area (Å²) in [6.07, 6.45) is 2.43. The molecule has 0 aromatic carbocycles. The van der Waals surface area contributed by atoms with Gasteiger partial charge in [0.1, 0.15) is 11.0 Å². The van der Waals surface area contributed by atoms with Gasteiger partial charge in [-0.1, -0.05) is 13.8 Å². The highest BCUT2D eigenvalue weighted by Crippen LogP contribution is 2.11. The molecule has 110 valence electrons. The minimum Gasteiger partial charge on any atom is -0.302 e. The Bertz CT molecular complexity index is 566. The summed E-state index contributed by atoms with van der Waals surface area (Å²) < 4.78 is 26.8. The van der Waals surface area contributed by atoms with Crippen molar-refractivity contribution in [2.75, 3.05) is 26.2 Å². The molecule has 0 amide bonds. The first-order valence-corrected chi connectivity index (χ1v) is 8.10. The molecule has 0 atom stereocenters. The summed E-state index contributed by atoms with van der Waals surface area (Å²) in [5, 5.41) is 8.89. The first-order valence-electron chi connectivity index (χ1n) is 6.62. The van der Waals surface area contributed by atoms with E-state index in [9.17, 15) is 8.42 Å². The van der Waals surface area contributed by atoms with Crippen LogP contribution in [0.25, 0.3) is 0 Å². The van der Waals surface area contributed by atoms with E-state index in [1.807, 2.05) is 6.92 Å². The molecule has 1 rings (SSSR count). The van der Waals surface area contributed by atoms with E-state index in [4.69, 9.17) is 5.26 Å². The Morgan fingerprint density at radius 1 is 1.40 bits per heavy atom. The molecule has 0 radical (unpaired) electrons. The van der Waals surface area contributed by atoms with Crippen molar-refractivity contribution in [3.63, 3.8) is 0 Å². The minimum atomic E-state index is -3.68. The van der Waals surface area contributed by atoms with Crippen molar-refractivity contribution in [3.8, 4) is 6.07 Å². The van der Waals surface area contributed by atoms with Crippen LogP contribution in [0.1, 0.15) is 26.0 Å². The lowest BCUT2D eigenvalue weighted by Gasteiger charge is -2.19. The van der Waals surface area contributed by atoms with Crippen molar-refractivity contribution in [3.05, 3.63) is 24.0 Å². The number of rotatable bonds is 8. The molecule has 7 heteroatoms. The van der Waals surface area contributed by atoms with Gasteiger partial charge in [0.25, 0.3) is 0 Å². The number of nitrogens with zero attached hydrogens (tertiary/aromatic N) is 3. The van der Waals surface area contributed by atoms with Crippen LogP contribution >= 0.6 is 0 Å². The van der Waals surface area contributed by atoms with Gasteiger partial charge in [-0.3, -0.25) is 0 Å². The zero-order chi connectivity index (χ0) is 15.0. The average Bonchev–Trinajstić information content (AvgIpc) is 2.46. The summed E-state index contributed by atoms with van der Waals surface area (Å²) in [4.78, 5) is 5.86. The number of pyridine rings is 1. The van der Waals surface area contributed by atoms with Gasteiger partial charge in [0.2, 0.25) is 10.0 Å². The molecule has 0 saturated carbocycles. The standard InChI is InChI=1S/C13H20N4O2S/c1-3-9-17(4-2)10-8-16-20(18,19)13-6-5-7-15-12(13)11-14/h5-7,16H,3-4,8-10H2,1-2H3. The van der Waals surface area contributed by atoms with Crippen LogP contribution < -0.4 is 4.72 Å². The Morgan fingerprint density at radius 3 is 2.75 bits per heavy atom. The molecule has 0 fully saturated rings. The van der Waals surface area contributed by atoms with Crippen molar-refractivity contribution in [1.82, 2.24) is 14.6 Å². The molecule has 1 aromatic heterocycles. The molecule has 0 spiro atoms. The van der Waals surface area contributed by atoms with E-state index in [0.717, 1.165) is 19.5 Å². The molecular weight excluding hydrogens is 276 g/mol. The summed E-state index contributed by atoms with van der Waals surface area (Å²) in [6.45, 7) is 6.91. The number of nitriles is 1. The third-order valence-corrected chi connectivity index (χ3v) is 4.37. The maximum atomic E-state index is 12.1. The number of likely N-dealkylation sites (N-methyl/N-ethyl adjacent to an activating group) is 1. The van der Waals surface area contributed by atoms with Gasteiger partial charge in [-0.05, 0) is 31.6 Å². The maximum absolute atomic E-state index is 12.1. The molecular formula is C13H20N4O2S. The summed E-state index contributed by atoms with van der Waals surface area (Å²) in [5.41, 5.74) is -0.0825. The fraction of sp³-hybridized carbons (Fsp3) is 0.538. The van der Waals surface area contributed by atoms with Crippen LogP contribution in [0.3, 0.4) is 0 Å². The second-order valence-corrected chi connectivity index (χ2v) is 6.03. The molecule has 1 heterocycles. The van der Waals surface area contributed by atoms with Crippen LogP contribution in [-0.4, -0.2) is 44.5 Å². The largest absolute Gasteiger partial charge is 0.302 e. The zero-order valence-electron chi connectivity index (χ0n) is 11.8. The van der Waals surface area contributed by atoms with E-state index in [2.05, 4.69) is 21.5 Å². The Labute approximate surface area is 120 Å². The van der Waals surface area contributed by atoms with E-state index >= 15 is 0 Å². The molecule has 20 heavy (non-hydrogen) atoms. The SMILES string of the molecule is CCCN(CC)CCNS(=O)(=O)c1cccnc1C#N. The van der Waals surface area contributed by atoms with Gasteiger partial charge in [0.15, 0.2) is 5.69 Å². The fourth-order valence-electron chi connectivity index (χ4n) is 1.85. The fourth-order valence-corrected chi connectivity index (χ4v) is 2.98. The minimum absolute atomic E-state index is 0.0685. The van der Waals surface area contributed by atoms with Crippen LogP contribution in [0.2, 0.25) is 0 Å². The van der Waals surface area contributed by atoms with Crippen molar-refractivity contribution >= 4 is 10.0 Å². The monoisotopic (exact) mass is 296 g/mol. The second kappa shape index (κ2) is 7.94. The molecule has 0 saturated heterocycles. The molecule has 0 aliphatic heterocycles. The van der Waals surface area contributed by atoms with Gasteiger partial charge >= 0.3 is 0 Å². The third kappa shape index (κ3) is 4.56. The lowest BCUT2D eigenvalue weighted by Crippen LogP contribution is -2.35. The first-order chi connectivity index (χ1) is 9.55. The normalized spacial score (nSPS) is 11.5. The number of aromatic nitrogens is 1. The number of hydrogen-bond donors (Lipinski definition) is 1. The van der Waals surface area contributed by atoms with Crippen LogP contribution in [0, 0.1) is 11.3 Å². The van der Waals surface area contributed by atoms with Crippen molar-refractivity contribution in [2.24, 2.45) is 0 Å². The molecule has 1 aromatic rings. The molecule has 1 N–H and O–H groups in total. The van der Waals surface area contributed by atoms with E-state index in [1.54, 1.807) is 6.07 Å². The van der Waals surface area contributed by atoms with Crippen LogP contribution in [0.5, 0.6) is 0 Å². The van der Waals surface area contributed by atoms with E-state index < -0.39 is 10.0 Å². The number of nitrogens with one attached hydrogen (secondary N) is 1. The first kappa shape index (κ1) is 16.6. The van der Waals surface area contributed by atoms with Gasteiger partial charge in [-0.25, -0.2) is 18.1 Å². The summed E-state index contributed by atoms with van der Waals surface area (Å²) in [5.74, 6) is 0. The van der Waals surface area contributed by atoms with E-state index in [1.165, 1.54) is 18.3 Å². The zero-order valence-corrected chi connectivity index (χ0v) is 12.7. The Hall–Kier alpha value is -1.49. The van der Waals surface area contributed by atoms with Crippen LogP contribution in [0.4, 0.5) is 0 Å². The Balaban J connectivity index is 2.69. The second-order valence-electron chi connectivity index (χ2n) is 4.29. The van der Waals surface area contributed by atoms with E-state index in [-0.39, 0.29) is 10.6 Å². The third-order valence-electron chi connectivity index (χ3n) is 2.87. The quantitative estimate of drug-likeness (QED) is 0.772. The predicted octanol–water partition coefficient (Wildman–Crippen LogP) is 0.963. The van der Waals surface area contributed by atoms with Crippen LogP contribution in [-0.2, 0) is 10.0 Å². The van der Waals surface area contributed by atoms with Gasteiger partial charge in [-0.15, -0.1) is 0 Å². The van der Waals surface area contributed by atoms with Crippen molar-refractivity contribution in [1.29, 1.82) is 5.26 Å². The van der Waals surface area contributed by atoms with Gasteiger partial charge < -0.3 is 4.90 Å². The topological polar surface area (TPSA) is 86.1 Å². The van der Waals surface area contributed by atoms with Crippen molar-refractivity contribution < 1.29 is 8.42 Å². The maximum Gasteiger partial charge on any atom is 0.243 e. The Kier molecular flexibility index (Phi) is 6.58. The molecule has 0 aliphatic rings. The summed E-state index contributed by atoms with van der Waals surface area (Å²) in [7, 11) is -3.68. The summed E-state index contributed by atoms with van der Waals surface area (Å²) in [6, 6.07) is 4.68. The highest BCUT2D eigenvalue weighted by Gasteiger charge is 2.18. The average molecular weight is 296 g/mol. The highest BCUT2D eigenvalue weighted by atomic mass is 32.2. The lowest BCUT2D eigenvalue weighted by atomic mass is 10.4. The molecule has 6 nitrogen and oxygen atoms in total. The predicted molar refractivity (Wildman–Crippen MR) is 76.5 cm³/mol. The van der Waals surface area contributed by atoms with E-state index in [0.29, 0.717) is 13.1 Å². The highest BCUT2D eigenvalue weighted by molar-refractivity contribution is 7.89. The van der Waals surface area contributed by atoms with Crippen molar-refractivity contribution in [2.45, 2.75) is 25.2 Å². The number of sulfonamides is 1. The number of hydrogen-bond acceptors (Lipinski definition) is 5. The summed E-state index contributed by atoms with van der Waals surface area (Å²) >= 11 is 0. The van der Waals surface area contributed by atoms with Gasteiger partial charge in [-0.2, -0.15) is 5.26 Å². The lowest BCUT2D eigenvalue weighted by molar-refractivity contribution is 0.293. The smallest absolute Gasteiger partial charge is 0.243 e. The van der Waals surface area contributed by atoms with Gasteiger partial charge in [0.05, 0.1) is 0 Å².